The Hall–Kier alpha value is -3.35. The van der Waals surface area contributed by atoms with E-state index >= 15 is 0 Å². The Bertz CT molecular complexity index is 827. The van der Waals surface area contributed by atoms with Crippen molar-refractivity contribution in [1.82, 2.24) is 10.2 Å². The normalized spacial score (nSPS) is 10.3. The number of nitrogens with one attached hydrogen (secondary N) is 2. The van der Waals surface area contributed by atoms with E-state index in [1.165, 1.54) is 6.92 Å². The highest BCUT2D eigenvalue weighted by Gasteiger charge is 2.09. The van der Waals surface area contributed by atoms with E-state index in [1.54, 1.807) is 48.5 Å². The summed E-state index contributed by atoms with van der Waals surface area (Å²) in [6.07, 6.45) is 0. The van der Waals surface area contributed by atoms with Crippen molar-refractivity contribution in [3.05, 3.63) is 48.5 Å². The highest BCUT2D eigenvalue weighted by atomic mass is 16.4. The van der Waals surface area contributed by atoms with Gasteiger partial charge in [0.15, 0.2) is 0 Å². The molecule has 7 heteroatoms. The summed E-state index contributed by atoms with van der Waals surface area (Å²) in [7, 11) is 0. The Morgan fingerprint density at radius 2 is 1.87 bits per heavy atom. The van der Waals surface area contributed by atoms with Crippen LogP contribution in [0, 0.1) is 0 Å². The molecule has 3 aromatic rings. The van der Waals surface area contributed by atoms with Crippen molar-refractivity contribution in [3.8, 4) is 17.2 Å². The molecule has 0 aliphatic carbocycles. The number of benzene rings is 2. The first kappa shape index (κ1) is 14.6. The first-order chi connectivity index (χ1) is 11.1. The molecule has 0 bridgehead atoms. The van der Waals surface area contributed by atoms with Crippen LogP contribution in [0.2, 0.25) is 0 Å². The second-order valence-electron chi connectivity index (χ2n) is 4.85. The van der Waals surface area contributed by atoms with Crippen LogP contribution < -0.4 is 10.6 Å². The summed E-state index contributed by atoms with van der Waals surface area (Å²) in [5.41, 5.74) is 2.07. The van der Waals surface area contributed by atoms with Crippen LogP contribution in [0.1, 0.15) is 6.92 Å². The number of amides is 1. The van der Waals surface area contributed by atoms with Gasteiger partial charge in [-0.05, 0) is 36.4 Å². The molecule has 0 saturated heterocycles. The lowest BCUT2D eigenvalue weighted by Crippen LogP contribution is -2.05. The number of rotatable bonds is 4. The van der Waals surface area contributed by atoms with Crippen molar-refractivity contribution in [2.24, 2.45) is 0 Å². The number of phenols is 1. The Kier molecular flexibility index (Phi) is 3.92. The Morgan fingerprint density at radius 3 is 2.57 bits per heavy atom. The van der Waals surface area contributed by atoms with Crippen molar-refractivity contribution in [2.75, 3.05) is 10.6 Å². The van der Waals surface area contributed by atoms with Gasteiger partial charge in [0.05, 0.1) is 0 Å². The van der Waals surface area contributed by atoms with Gasteiger partial charge >= 0.3 is 6.01 Å². The Labute approximate surface area is 132 Å². The first-order valence-corrected chi connectivity index (χ1v) is 6.88. The number of hydrogen-bond donors (Lipinski definition) is 3. The Balaban J connectivity index is 1.75. The molecule has 0 fully saturated rings. The number of hydrogen-bond acceptors (Lipinski definition) is 6. The van der Waals surface area contributed by atoms with E-state index in [1.807, 2.05) is 0 Å². The number of aromatic hydroxyl groups is 1. The molecular formula is C16H14N4O3. The van der Waals surface area contributed by atoms with Crippen LogP contribution in [0.5, 0.6) is 5.75 Å². The first-order valence-electron chi connectivity index (χ1n) is 6.88. The smallest absolute Gasteiger partial charge is 0.320 e. The summed E-state index contributed by atoms with van der Waals surface area (Å²) in [5, 5.41) is 22.9. The molecule has 3 rings (SSSR count). The average molecular weight is 310 g/mol. The molecular weight excluding hydrogens is 296 g/mol. The molecule has 7 nitrogen and oxygen atoms in total. The van der Waals surface area contributed by atoms with Gasteiger partial charge in [-0.3, -0.25) is 4.79 Å². The predicted octanol–water partition coefficient (Wildman–Crippen LogP) is 3.14. The minimum absolute atomic E-state index is 0.131. The third kappa shape index (κ3) is 3.65. The van der Waals surface area contributed by atoms with E-state index in [4.69, 9.17) is 4.42 Å². The summed E-state index contributed by atoms with van der Waals surface area (Å²) < 4.78 is 5.53. The van der Waals surface area contributed by atoms with Crippen molar-refractivity contribution in [1.29, 1.82) is 0 Å². The van der Waals surface area contributed by atoms with Gasteiger partial charge in [0.25, 0.3) is 0 Å². The molecule has 1 amide bonds. The van der Waals surface area contributed by atoms with Gasteiger partial charge in [0.2, 0.25) is 11.8 Å². The zero-order valence-corrected chi connectivity index (χ0v) is 12.3. The van der Waals surface area contributed by atoms with Crippen LogP contribution >= 0.6 is 0 Å². The van der Waals surface area contributed by atoms with Crippen molar-refractivity contribution in [2.45, 2.75) is 6.92 Å². The number of phenolic OH excluding ortho intramolecular Hbond substituents is 1. The van der Waals surface area contributed by atoms with Crippen LogP contribution in [0.3, 0.4) is 0 Å². The number of carbonyl (C=O) groups is 1. The minimum Gasteiger partial charge on any atom is -0.508 e. The highest BCUT2D eigenvalue weighted by Crippen LogP contribution is 2.24. The van der Waals surface area contributed by atoms with Gasteiger partial charge < -0.3 is 20.2 Å². The van der Waals surface area contributed by atoms with Gasteiger partial charge in [0.1, 0.15) is 5.75 Å². The molecule has 0 spiro atoms. The monoisotopic (exact) mass is 310 g/mol. The van der Waals surface area contributed by atoms with Crippen LogP contribution in [0.25, 0.3) is 11.5 Å². The third-order valence-electron chi connectivity index (χ3n) is 2.97. The quantitative estimate of drug-likeness (QED) is 0.684. The van der Waals surface area contributed by atoms with Gasteiger partial charge in [-0.15, -0.1) is 5.10 Å². The maximum Gasteiger partial charge on any atom is 0.320 e. The van der Waals surface area contributed by atoms with E-state index in [-0.39, 0.29) is 17.7 Å². The fourth-order valence-electron chi connectivity index (χ4n) is 2.00. The number of aromatic nitrogens is 2. The summed E-state index contributed by atoms with van der Waals surface area (Å²) in [4.78, 5) is 11.0. The molecule has 0 unspecified atom stereocenters. The topological polar surface area (TPSA) is 100 Å². The fraction of sp³-hybridized carbons (Fsp3) is 0.0625. The lowest BCUT2D eigenvalue weighted by atomic mass is 10.2. The fourth-order valence-corrected chi connectivity index (χ4v) is 2.00. The highest BCUT2D eigenvalue weighted by molar-refractivity contribution is 5.88. The molecule has 3 N–H and O–H groups in total. The molecule has 1 heterocycles. The number of carbonyl (C=O) groups excluding carboxylic acids is 1. The Morgan fingerprint density at radius 1 is 1.09 bits per heavy atom. The largest absolute Gasteiger partial charge is 0.508 e. The van der Waals surface area contributed by atoms with Gasteiger partial charge in [-0.25, -0.2) is 0 Å². The predicted molar refractivity (Wildman–Crippen MR) is 85.4 cm³/mol. The summed E-state index contributed by atoms with van der Waals surface area (Å²) >= 11 is 0. The molecule has 0 aliphatic heterocycles. The van der Waals surface area contributed by atoms with Crippen molar-refractivity contribution < 1.29 is 14.3 Å². The molecule has 1 aromatic heterocycles. The second-order valence-corrected chi connectivity index (χ2v) is 4.85. The molecule has 0 saturated carbocycles. The standard InChI is InChI=1S/C16H14N4O3/c1-10(21)17-12-7-5-11(6-8-12)15-19-20-16(23-15)18-13-3-2-4-14(22)9-13/h2-9,22H,1H3,(H,17,21)(H,18,20). The lowest BCUT2D eigenvalue weighted by molar-refractivity contribution is -0.114. The van der Waals surface area contributed by atoms with Crippen LogP contribution in [-0.4, -0.2) is 21.2 Å². The molecule has 2 aromatic carbocycles. The van der Waals surface area contributed by atoms with Crippen LogP contribution in [0.4, 0.5) is 17.4 Å². The lowest BCUT2D eigenvalue weighted by Gasteiger charge is -2.02. The van der Waals surface area contributed by atoms with Gasteiger partial charge in [-0.2, -0.15) is 0 Å². The van der Waals surface area contributed by atoms with Crippen LogP contribution in [0.15, 0.2) is 52.9 Å². The SMILES string of the molecule is CC(=O)Nc1ccc(-c2nnc(Nc3cccc(O)c3)o2)cc1. The third-order valence-corrected chi connectivity index (χ3v) is 2.97. The zero-order valence-electron chi connectivity index (χ0n) is 12.3. The van der Waals surface area contributed by atoms with E-state index in [0.29, 0.717) is 17.3 Å². The minimum atomic E-state index is -0.131. The van der Waals surface area contributed by atoms with Crippen LogP contribution in [-0.2, 0) is 4.79 Å². The van der Waals surface area contributed by atoms with E-state index in [9.17, 15) is 9.90 Å². The summed E-state index contributed by atoms with van der Waals surface area (Å²) in [6, 6.07) is 13.9. The zero-order chi connectivity index (χ0) is 16.2. The molecule has 23 heavy (non-hydrogen) atoms. The van der Waals surface area contributed by atoms with Crippen molar-refractivity contribution in [3.63, 3.8) is 0 Å². The summed E-state index contributed by atoms with van der Waals surface area (Å²) in [5.74, 6) is 0.360. The molecule has 116 valence electrons. The maximum atomic E-state index is 11.0. The van der Waals surface area contributed by atoms with Gasteiger partial charge in [0, 0.05) is 29.9 Å². The van der Waals surface area contributed by atoms with Crippen molar-refractivity contribution >= 4 is 23.3 Å². The molecule has 0 radical (unpaired) electrons. The van der Waals surface area contributed by atoms with E-state index in [2.05, 4.69) is 20.8 Å². The average Bonchev–Trinajstić information content (AvgIpc) is 2.96. The maximum absolute atomic E-state index is 11.0. The van der Waals surface area contributed by atoms with Gasteiger partial charge in [-0.1, -0.05) is 11.2 Å². The molecule has 0 aliphatic rings. The summed E-state index contributed by atoms with van der Waals surface area (Å²) in [6.45, 7) is 1.45. The number of anilines is 3. The van der Waals surface area contributed by atoms with E-state index < -0.39 is 0 Å². The number of nitrogens with zero attached hydrogens (tertiary/aromatic N) is 2. The second kappa shape index (κ2) is 6.18. The van der Waals surface area contributed by atoms with E-state index in [0.717, 1.165) is 5.56 Å². The molecule has 0 atom stereocenters.